The number of piperidine rings is 1. The number of carboxylic acids is 1. The number of halogens is 6. The summed E-state index contributed by atoms with van der Waals surface area (Å²) in [5.74, 6) is -6.85. The largest absolute Gasteiger partial charge is 0.490 e. The van der Waals surface area contributed by atoms with Crippen LogP contribution in [0.1, 0.15) is 56.9 Å². The molecular weight excluding hydrogens is 749 g/mol. The average molecular weight is 783 g/mol. The Morgan fingerprint density at radius 3 is 2.12 bits per heavy atom. The minimum Gasteiger partial charge on any atom is -0.490 e. The van der Waals surface area contributed by atoms with Crippen molar-refractivity contribution in [2.24, 2.45) is 5.73 Å². The quantitative estimate of drug-likeness (QED) is 0.221. The zero-order valence-electron chi connectivity index (χ0n) is 25.3. The highest BCUT2D eigenvalue weighted by molar-refractivity contribution is 9.10. The monoisotopic (exact) mass is 781 g/mol. The summed E-state index contributed by atoms with van der Waals surface area (Å²) < 4.78 is 101. The maximum absolute atomic E-state index is 16.2. The van der Waals surface area contributed by atoms with Crippen LogP contribution in [0.25, 0.3) is 10.1 Å². The van der Waals surface area contributed by atoms with Crippen LogP contribution in [0.5, 0.6) is 5.75 Å². The summed E-state index contributed by atoms with van der Waals surface area (Å²) in [6.45, 7) is 0. The van der Waals surface area contributed by atoms with E-state index < -0.39 is 45.6 Å². The summed E-state index contributed by atoms with van der Waals surface area (Å²) in [6, 6.07) is 9.08. The molecule has 2 saturated heterocycles. The van der Waals surface area contributed by atoms with Crippen LogP contribution in [0.4, 0.5) is 22.0 Å². The van der Waals surface area contributed by atoms with Gasteiger partial charge in [0.1, 0.15) is 9.96 Å². The third kappa shape index (κ3) is 8.12. The van der Waals surface area contributed by atoms with Gasteiger partial charge in [-0.2, -0.15) is 26.7 Å². The van der Waals surface area contributed by atoms with Gasteiger partial charge < -0.3 is 20.5 Å². The highest BCUT2D eigenvalue weighted by Crippen LogP contribution is 2.41. The number of carboxylic acid groups (broad SMARTS) is 1. The number of hydrogen-bond donors (Lipinski definition) is 3. The molecule has 48 heavy (non-hydrogen) atoms. The number of thiophene rings is 1. The second-order valence-electron chi connectivity index (χ2n) is 12.1. The minimum atomic E-state index is -5.08. The molecule has 6 rings (SSSR count). The molecule has 3 aromatic rings. The Morgan fingerprint density at radius 1 is 0.979 bits per heavy atom. The summed E-state index contributed by atoms with van der Waals surface area (Å²) in [6.07, 6.45) is 1.61. The molecule has 4 N–H and O–H groups in total. The molecule has 2 bridgehead atoms. The number of alkyl halides is 5. The van der Waals surface area contributed by atoms with E-state index in [0.29, 0.717) is 46.0 Å². The van der Waals surface area contributed by atoms with Crippen LogP contribution in [-0.2, 0) is 25.5 Å². The van der Waals surface area contributed by atoms with E-state index in [-0.39, 0.29) is 28.4 Å². The van der Waals surface area contributed by atoms with Gasteiger partial charge in [0.15, 0.2) is 6.04 Å². The number of aliphatic carboxylic acids is 1. The van der Waals surface area contributed by atoms with E-state index in [4.69, 9.17) is 20.4 Å². The number of rotatable bonds is 8. The number of carbonyl (C=O) groups excluding carboxylic acids is 1. The molecule has 1 amide bonds. The molecule has 17 heteroatoms. The Kier molecular flexibility index (Phi) is 10.8. The van der Waals surface area contributed by atoms with Crippen molar-refractivity contribution in [1.82, 2.24) is 9.62 Å². The zero-order valence-corrected chi connectivity index (χ0v) is 28.5. The van der Waals surface area contributed by atoms with Crippen LogP contribution in [0.2, 0.25) is 0 Å². The Labute approximate surface area is 285 Å². The van der Waals surface area contributed by atoms with Crippen molar-refractivity contribution >= 4 is 59.3 Å². The number of amides is 1. The number of sulfonamides is 1. The summed E-state index contributed by atoms with van der Waals surface area (Å²) in [4.78, 5) is 24.3. The van der Waals surface area contributed by atoms with Crippen molar-refractivity contribution in [2.45, 2.75) is 97.9 Å². The molecule has 1 saturated carbocycles. The smallest absolute Gasteiger partial charge is 0.490 e. The van der Waals surface area contributed by atoms with Crippen molar-refractivity contribution in [2.75, 3.05) is 0 Å². The highest BCUT2D eigenvalue weighted by atomic mass is 79.9. The number of fused-ring (bicyclic) bond motifs is 3. The lowest BCUT2D eigenvalue weighted by Gasteiger charge is -2.40. The van der Waals surface area contributed by atoms with Gasteiger partial charge in [-0.25, -0.2) is 13.2 Å². The first kappa shape index (κ1) is 36.4. The van der Waals surface area contributed by atoms with Crippen LogP contribution in [0.15, 0.2) is 57.2 Å². The molecule has 0 radical (unpaired) electrons. The molecule has 9 nitrogen and oxygen atoms in total. The number of ether oxygens (including phenoxy) is 1. The summed E-state index contributed by atoms with van der Waals surface area (Å²) >= 11 is 4.21. The number of benzene rings is 2. The van der Waals surface area contributed by atoms with Crippen molar-refractivity contribution in [3.05, 3.63) is 58.6 Å². The molecule has 3 aliphatic rings. The van der Waals surface area contributed by atoms with E-state index in [2.05, 4.69) is 20.7 Å². The molecule has 262 valence electrons. The van der Waals surface area contributed by atoms with Crippen molar-refractivity contribution in [1.29, 1.82) is 0 Å². The van der Waals surface area contributed by atoms with Gasteiger partial charge in [0.25, 0.3) is 15.9 Å². The molecule has 3 heterocycles. The zero-order chi connectivity index (χ0) is 35.0. The van der Waals surface area contributed by atoms with Gasteiger partial charge in [-0.15, -0.1) is 11.3 Å². The Morgan fingerprint density at radius 2 is 1.56 bits per heavy atom. The number of hydrogen-bond acceptors (Lipinski definition) is 7. The molecule has 3 unspecified atom stereocenters. The van der Waals surface area contributed by atoms with Gasteiger partial charge in [-0.1, -0.05) is 28.1 Å². The third-order valence-corrected chi connectivity index (χ3v) is 12.2. The van der Waals surface area contributed by atoms with Crippen molar-refractivity contribution < 1.29 is 49.8 Å². The highest BCUT2D eigenvalue weighted by Gasteiger charge is 2.53. The number of nitrogens with zero attached hydrogens (tertiary/aromatic N) is 1. The second-order valence-corrected chi connectivity index (χ2v) is 16.1. The maximum atomic E-state index is 16.2. The fourth-order valence-electron chi connectivity index (χ4n) is 6.45. The minimum absolute atomic E-state index is 0.111. The van der Waals surface area contributed by atoms with Gasteiger partial charge in [-0.05, 0) is 93.2 Å². The first-order chi connectivity index (χ1) is 22.5. The second kappa shape index (κ2) is 14.2. The molecule has 1 aromatic heterocycles. The fourth-order valence-corrected chi connectivity index (χ4v) is 9.35. The molecule has 3 atom stereocenters. The van der Waals surface area contributed by atoms with Crippen LogP contribution >= 0.6 is 27.3 Å². The first-order valence-corrected chi connectivity index (χ1v) is 18.3. The van der Waals surface area contributed by atoms with E-state index in [9.17, 15) is 26.4 Å². The third-order valence-electron chi connectivity index (χ3n) is 8.72. The fraction of sp³-hybridized carbons (Fsp3) is 0.484. The van der Waals surface area contributed by atoms with E-state index >= 15 is 8.78 Å². The van der Waals surface area contributed by atoms with E-state index in [1.807, 2.05) is 0 Å². The van der Waals surface area contributed by atoms with Crippen LogP contribution in [0.3, 0.4) is 0 Å². The molecular formula is C31H33BrF5N3O6S2. The predicted octanol–water partition coefficient (Wildman–Crippen LogP) is 6.54. The van der Waals surface area contributed by atoms with Gasteiger partial charge in [0.2, 0.25) is 5.91 Å². The number of carbonyl (C=O) groups is 2. The summed E-state index contributed by atoms with van der Waals surface area (Å²) in [5, 5.41) is 7.78. The van der Waals surface area contributed by atoms with Gasteiger partial charge in [-0.3, -0.25) is 4.79 Å². The van der Waals surface area contributed by atoms with E-state index in [1.54, 1.807) is 18.2 Å². The predicted molar refractivity (Wildman–Crippen MR) is 171 cm³/mol. The average Bonchev–Trinajstić information content (AvgIpc) is 3.74. The molecule has 3 fully saturated rings. The Hall–Kier alpha value is -2.86. The normalized spacial score (nSPS) is 22.3. The van der Waals surface area contributed by atoms with Crippen LogP contribution in [0, 0.1) is 0 Å². The Bertz CT molecular complexity index is 1740. The topological polar surface area (TPSA) is 139 Å². The molecule has 2 aromatic carbocycles. The number of nitrogens with two attached hydrogens (primary N) is 1. The molecule has 0 spiro atoms. The van der Waals surface area contributed by atoms with Gasteiger partial charge >= 0.3 is 12.1 Å². The maximum Gasteiger partial charge on any atom is 0.490 e. The van der Waals surface area contributed by atoms with E-state index in [1.165, 1.54) is 35.2 Å². The van der Waals surface area contributed by atoms with Gasteiger partial charge in [0, 0.05) is 32.9 Å². The van der Waals surface area contributed by atoms with Crippen LogP contribution < -0.4 is 15.2 Å². The summed E-state index contributed by atoms with van der Waals surface area (Å²) in [5.41, 5.74) is 5.70. The summed E-state index contributed by atoms with van der Waals surface area (Å²) in [7, 11) is -4.50. The lowest BCUT2D eigenvalue weighted by atomic mass is 9.95. The van der Waals surface area contributed by atoms with Gasteiger partial charge in [0.05, 0.1) is 6.10 Å². The molecule has 2 aliphatic heterocycles. The SMILES string of the molecule is NC1CC2CCC(C1)N2C(=O)C(NS(=O)(=O)c1cc2ccc(OC3CCCC3)cc2s1)C(F)(F)c1ccc(Br)cc1.O=C(O)C(F)(F)F. The lowest BCUT2D eigenvalue weighted by Crippen LogP contribution is -2.60. The van der Waals surface area contributed by atoms with Crippen LogP contribution in [-0.4, -0.2) is 66.7 Å². The lowest BCUT2D eigenvalue weighted by molar-refractivity contribution is -0.192. The first-order valence-electron chi connectivity index (χ1n) is 15.2. The van der Waals surface area contributed by atoms with Crippen molar-refractivity contribution in [3.8, 4) is 5.75 Å². The van der Waals surface area contributed by atoms with Crippen molar-refractivity contribution in [3.63, 3.8) is 0 Å². The molecule has 1 aliphatic carbocycles. The van der Waals surface area contributed by atoms with E-state index in [0.717, 1.165) is 37.0 Å². The number of nitrogens with one attached hydrogen (secondary N) is 1. The standard InChI is InChI=1S/C29H32BrF2N3O4S2.C2HF3O2/c30-19-8-6-18(7-9-19)29(31,32)27(28(36)35-21-10-11-22(35)15-20(33)14-21)34-41(37,38)26-13-17-5-12-24(16-25(17)40-26)39-23-3-1-2-4-23;3-2(4,5)1(6)7/h5-9,12-13,16,20-23,27,34H,1-4,10-11,14-15,33H2;(H,6,7). The Balaban J connectivity index is 0.000000582.